The van der Waals surface area contributed by atoms with Crippen LogP contribution in [-0.2, 0) is 4.79 Å². The number of anilines is 2. The number of carbonyl (C=O) groups is 2. The Hall–Kier alpha value is -4.06. The summed E-state index contributed by atoms with van der Waals surface area (Å²) in [5.41, 5.74) is 8.85. The molecule has 2 amide bonds. The van der Waals surface area contributed by atoms with E-state index in [1.807, 2.05) is 54.6 Å². The Bertz CT molecular complexity index is 1160. The number of benzene rings is 3. The van der Waals surface area contributed by atoms with Crippen LogP contribution in [0.2, 0.25) is 0 Å². The summed E-state index contributed by atoms with van der Waals surface area (Å²) in [4.78, 5) is 23.6. The minimum atomic E-state index is -0.506. The van der Waals surface area contributed by atoms with Gasteiger partial charge in [0.05, 0.1) is 0 Å². The number of nitrogens with two attached hydrogens (primary N) is 1. The van der Waals surface area contributed by atoms with Crippen LogP contribution in [0.5, 0.6) is 0 Å². The van der Waals surface area contributed by atoms with E-state index in [1.165, 1.54) is 0 Å². The van der Waals surface area contributed by atoms with Gasteiger partial charge in [0.1, 0.15) is 17.4 Å². The lowest BCUT2D eigenvalue weighted by Crippen LogP contribution is -2.31. The first-order valence-corrected chi connectivity index (χ1v) is 9.56. The highest BCUT2D eigenvalue weighted by Crippen LogP contribution is 2.28. The molecule has 3 aromatic carbocycles. The van der Waals surface area contributed by atoms with E-state index in [0.29, 0.717) is 11.3 Å². The molecule has 6 heteroatoms. The lowest BCUT2D eigenvalue weighted by molar-refractivity contribution is -0.116. The molecule has 0 aliphatic rings. The van der Waals surface area contributed by atoms with Crippen molar-refractivity contribution in [1.82, 2.24) is 0 Å². The van der Waals surface area contributed by atoms with Crippen molar-refractivity contribution < 1.29 is 14.0 Å². The topological polar surface area (TPSA) is 97.4 Å². The normalized spacial score (nSPS) is 11.8. The van der Waals surface area contributed by atoms with Crippen LogP contribution in [-0.4, -0.2) is 17.9 Å². The van der Waals surface area contributed by atoms with Crippen LogP contribution in [0.1, 0.15) is 17.3 Å². The average Bonchev–Trinajstić information content (AvgIpc) is 3.19. The lowest BCUT2D eigenvalue weighted by Gasteiger charge is -2.15. The lowest BCUT2D eigenvalue weighted by atomic mass is 10.1. The van der Waals surface area contributed by atoms with Crippen molar-refractivity contribution >= 4 is 34.2 Å². The van der Waals surface area contributed by atoms with Gasteiger partial charge in [-0.2, -0.15) is 0 Å². The SMILES string of the molecule is C[C@@H](Nc1ccc(-c2cc3ccccc3o2)cc1)C(=O)Nc1ccc(C(N)=O)cc1. The minimum Gasteiger partial charge on any atom is -0.456 e. The monoisotopic (exact) mass is 399 g/mol. The summed E-state index contributed by atoms with van der Waals surface area (Å²) in [7, 11) is 0. The second kappa shape index (κ2) is 8.13. The summed E-state index contributed by atoms with van der Waals surface area (Å²) in [6.07, 6.45) is 0. The fourth-order valence-electron chi connectivity index (χ4n) is 3.14. The third-order valence-electron chi connectivity index (χ3n) is 4.81. The van der Waals surface area contributed by atoms with E-state index in [2.05, 4.69) is 10.6 Å². The van der Waals surface area contributed by atoms with Crippen molar-refractivity contribution in [2.75, 3.05) is 10.6 Å². The third kappa shape index (κ3) is 4.17. The van der Waals surface area contributed by atoms with E-state index in [-0.39, 0.29) is 5.91 Å². The number of nitrogens with one attached hydrogen (secondary N) is 2. The van der Waals surface area contributed by atoms with Crippen LogP contribution in [0.25, 0.3) is 22.3 Å². The molecule has 4 rings (SSSR count). The van der Waals surface area contributed by atoms with Crippen molar-refractivity contribution in [3.63, 3.8) is 0 Å². The van der Waals surface area contributed by atoms with E-state index < -0.39 is 11.9 Å². The van der Waals surface area contributed by atoms with Gasteiger partial charge in [0.15, 0.2) is 0 Å². The predicted molar refractivity (Wildman–Crippen MR) is 118 cm³/mol. The fraction of sp³-hybridized carbons (Fsp3) is 0.0833. The Morgan fingerprint density at radius 1 is 0.900 bits per heavy atom. The molecule has 6 nitrogen and oxygen atoms in total. The molecule has 0 saturated heterocycles. The second-order valence-corrected chi connectivity index (χ2v) is 7.02. The van der Waals surface area contributed by atoms with Crippen molar-refractivity contribution in [2.24, 2.45) is 5.73 Å². The Morgan fingerprint density at radius 3 is 2.23 bits per heavy atom. The number of furan rings is 1. The van der Waals surface area contributed by atoms with E-state index in [9.17, 15) is 9.59 Å². The first kappa shape index (κ1) is 19.3. The highest BCUT2D eigenvalue weighted by molar-refractivity contribution is 5.97. The molecule has 0 fully saturated rings. The summed E-state index contributed by atoms with van der Waals surface area (Å²) in [6, 6.07) is 23.6. The molecule has 0 aliphatic carbocycles. The number of rotatable bonds is 6. The molecule has 0 radical (unpaired) electrons. The number of primary amides is 1. The largest absolute Gasteiger partial charge is 0.456 e. The van der Waals surface area contributed by atoms with Gasteiger partial charge in [-0.1, -0.05) is 18.2 Å². The van der Waals surface area contributed by atoms with Crippen molar-refractivity contribution in [3.05, 3.63) is 84.4 Å². The molecule has 4 aromatic rings. The Labute approximate surface area is 173 Å². The van der Waals surface area contributed by atoms with Gasteiger partial charge in [0.2, 0.25) is 11.8 Å². The van der Waals surface area contributed by atoms with Gasteiger partial charge >= 0.3 is 0 Å². The van der Waals surface area contributed by atoms with Gasteiger partial charge in [-0.3, -0.25) is 9.59 Å². The first-order valence-electron chi connectivity index (χ1n) is 9.56. The second-order valence-electron chi connectivity index (χ2n) is 7.02. The van der Waals surface area contributed by atoms with Gasteiger partial charge in [-0.15, -0.1) is 0 Å². The highest BCUT2D eigenvalue weighted by atomic mass is 16.3. The number of hydrogen-bond acceptors (Lipinski definition) is 4. The van der Waals surface area contributed by atoms with Crippen molar-refractivity contribution in [2.45, 2.75) is 13.0 Å². The van der Waals surface area contributed by atoms with Gasteiger partial charge < -0.3 is 20.8 Å². The van der Waals surface area contributed by atoms with E-state index in [1.54, 1.807) is 31.2 Å². The summed E-state index contributed by atoms with van der Waals surface area (Å²) in [5.74, 6) is 0.102. The standard InChI is InChI=1S/C24H21N3O3/c1-15(24(29)27-20-12-8-17(9-13-20)23(25)28)26-19-10-6-16(7-11-19)22-14-18-4-2-3-5-21(18)30-22/h2-15,26H,1H3,(H2,25,28)(H,27,29)/t15-/m1/s1. The highest BCUT2D eigenvalue weighted by Gasteiger charge is 2.13. The first-order chi connectivity index (χ1) is 14.5. The molecule has 1 atom stereocenters. The Balaban J connectivity index is 1.39. The average molecular weight is 399 g/mol. The van der Waals surface area contributed by atoms with Gasteiger partial charge in [0, 0.05) is 27.9 Å². The fourth-order valence-corrected chi connectivity index (χ4v) is 3.14. The molecule has 4 N–H and O–H groups in total. The molecule has 0 unspecified atom stereocenters. The molecule has 1 aromatic heterocycles. The summed E-state index contributed by atoms with van der Waals surface area (Å²) >= 11 is 0. The van der Waals surface area contributed by atoms with Crippen LogP contribution in [0, 0.1) is 0 Å². The molecule has 30 heavy (non-hydrogen) atoms. The Kier molecular flexibility index (Phi) is 5.22. The summed E-state index contributed by atoms with van der Waals surface area (Å²) in [5, 5.41) is 7.05. The number of hydrogen-bond donors (Lipinski definition) is 3. The molecule has 1 heterocycles. The van der Waals surface area contributed by atoms with Gasteiger partial charge in [-0.25, -0.2) is 0 Å². The maximum atomic E-state index is 12.4. The Morgan fingerprint density at radius 2 is 1.57 bits per heavy atom. The zero-order valence-corrected chi connectivity index (χ0v) is 16.4. The smallest absolute Gasteiger partial charge is 0.248 e. The molecular weight excluding hydrogens is 378 g/mol. The molecule has 150 valence electrons. The summed E-state index contributed by atoms with van der Waals surface area (Å²) in [6.45, 7) is 1.78. The number of amides is 2. The number of para-hydroxylation sites is 1. The van der Waals surface area contributed by atoms with Crippen LogP contribution in [0.3, 0.4) is 0 Å². The van der Waals surface area contributed by atoms with Crippen LogP contribution in [0.4, 0.5) is 11.4 Å². The molecular formula is C24H21N3O3. The van der Waals surface area contributed by atoms with E-state index in [4.69, 9.17) is 10.2 Å². The van der Waals surface area contributed by atoms with Gasteiger partial charge in [-0.05, 0) is 67.6 Å². The predicted octanol–water partition coefficient (Wildman–Crippen LogP) is 4.64. The summed E-state index contributed by atoms with van der Waals surface area (Å²) < 4.78 is 5.89. The molecule has 0 spiro atoms. The van der Waals surface area contributed by atoms with Crippen LogP contribution >= 0.6 is 0 Å². The number of fused-ring (bicyclic) bond motifs is 1. The van der Waals surface area contributed by atoms with Crippen LogP contribution < -0.4 is 16.4 Å². The van der Waals surface area contributed by atoms with Gasteiger partial charge in [0.25, 0.3) is 0 Å². The maximum Gasteiger partial charge on any atom is 0.248 e. The maximum absolute atomic E-state index is 12.4. The number of carbonyl (C=O) groups excluding carboxylic acids is 2. The quantitative estimate of drug-likeness (QED) is 0.440. The third-order valence-corrected chi connectivity index (χ3v) is 4.81. The van der Waals surface area contributed by atoms with Crippen LogP contribution in [0.15, 0.2) is 83.3 Å². The minimum absolute atomic E-state index is 0.191. The zero-order chi connectivity index (χ0) is 21.1. The zero-order valence-electron chi connectivity index (χ0n) is 16.4. The van der Waals surface area contributed by atoms with Crippen molar-refractivity contribution in [1.29, 1.82) is 0 Å². The molecule has 0 saturated carbocycles. The van der Waals surface area contributed by atoms with E-state index in [0.717, 1.165) is 28.0 Å². The molecule has 0 bridgehead atoms. The van der Waals surface area contributed by atoms with Crippen molar-refractivity contribution in [3.8, 4) is 11.3 Å². The van der Waals surface area contributed by atoms with E-state index >= 15 is 0 Å². The molecule has 0 aliphatic heterocycles.